The van der Waals surface area contributed by atoms with E-state index in [9.17, 15) is 4.39 Å². The molecule has 1 fully saturated rings. The summed E-state index contributed by atoms with van der Waals surface area (Å²) in [6.07, 6.45) is 3.30. The second-order valence-electron chi connectivity index (χ2n) is 3.83. The first-order chi connectivity index (χ1) is 6.27. The lowest BCUT2D eigenvalue weighted by molar-refractivity contribution is 0.599. The third kappa shape index (κ3) is 1.59. The van der Waals surface area contributed by atoms with E-state index in [0.717, 1.165) is 24.8 Å². The first-order valence-corrected chi connectivity index (χ1v) is 4.73. The van der Waals surface area contributed by atoms with E-state index in [-0.39, 0.29) is 11.2 Å². The molecule has 0 radical (unpaired) electrons. The van der Waals surface area contributed by atoms with Crippen LogP contribution in [-0.2, 0) is 5.41 Å². The van der Waals surface area contributed by atoms with Crippen molar-refractivity contribution in [3.63, 3.8) is 0 Å². The summed E-state index contributed by atoms with van der Waals surface area (Å²) < 4.78 is 12.9. The van der Waals surface area contributed by atoms with Crippen molar-refractivity contribution in [2.75, 3.05) is 6.54 Å². The quantitative estimate of drug-likeness (QED) is 0.756. The molecule has 1 aromatic rings. The summed E-state index contributed by atoms with van der Waals surface area (Å²) in [7, 11) is 0. The van der Waals surface area contributed by atoms with E-state index in [1.807, 2.05) is 6.07 Å². The van der Waals surface area contributed by atoms with Gasteiger partial charge in [-0.05, 0) is 48.9 Å². The maximum absolute atomic E-state index is 12.9. The van der Waals surface area contributed by atoms with Crippen LogP contribution in [-0.4, -0.2) is 6.54 Å². The number of hydrogen-bond donors (Lipinski definition) is 1. The van der Waals surface area contributed by atoms with Gasteiger partial charge < -0.3 is 5.73 Å². The summed E-state index contributed by atoms with van der Waals surface area (Å²) in [5, 5.41) is 0. The van der Waals surface area contributed by atoms with Crippen molar-refractivity contribution in [2.24, 2.45) is 5.73 Å². The molecule has 1 aliphatic rings. The zero-order chi connectivity index (χ0) is 9.31. The lowest BCUT2D eigenvalue weighted by atomic mass is 9.92. The number of rotatable bonds is 3. The first-order valence-electron chi connectivity index (χ1n) is 4.73. The van der Waals surface area contributed by atoms with Crippen molar-refractivity contribution >= 4 is 0 Å². The third-order valence-corrected chi connectivity index (χ3v) is 2.91. The average molecular weight is 179 g/mol. The molecule has 2 heteroatoms. The van der Waals surface area contributed by atoms with Gasteiger partial charge in [0.1, 0.15) is 5.82 Å². The van der Waals surface area contributed by atoms with Gasteiger partial charge in [0.25, 0.3) is 0 Å². The van der Waals surface area contributed by atoms with Gasteiger partial charge in [0.2, 0.25) is 0 Å². The summed E-state index contributed by atoms with van der Waals surface area (Å²) in [5.74, 6) is -0.138. The summed E-state index contributed by atoms with van der Waals surface area (Å²) in [5.41, 5.74) is 6.88. The Balaban J connectivity index is 2.25. The molecule has 70 valence electrons. The van der Waals surface area contributed by atoms with E-state index < -0.39 is 0 Å². The molecule has 0 aliphatic heterocycles. The minimum Gasteiger partial charge on any atom is -0.330 e. The number of halogens is 1. The fourth-order valence-electron chi connectivity index (χ4n) is 1.93. The van der Waals surface area contributed by atoms with Crippen LogP contribution in [0.1, 0.15) is 24.8 Å². The van der Waals surface area contributed by atoms with E-state index >= 15 is 0 Å². The zero-order valence-corrected chi connectivity index (χ0v) is 7.59. The molecule has 1 aromatic carbocycles. The van der Waals surface area contributed by atoms with E-state index in [0.29, 0.717) is 6.54 Å². The smallest absolute Gasteiger partial charge is 0.123 e. The predicted molar refractivity (Wildman–Crippen MR) is 51.0 cm³/mol. The highest BCUT2D eigenvalue weighted by molar-refractivity contribution is 5.31. The van der Waals surface area contributed by atoms with E-state index in [1.54, 1.807) is 12.1 Å². The average Bonchev–Trinajstić information content (AvgIpc) is 2.86. The summed E-state index contributed by atoms with van der Waals surface area (Å²) in [4.78, 5) is 0. The molecule has 0 spiro atoms. The molecule has 2 rings (SSSR count). The van der Waals surface area contributed by atoms with Crippen molar-refractivity contribution < 1.29 is 4.39 Å². The minimum absolute atomic E-state index is 0.138. The van der Waals surface area contributed by atoms with Gasteiger partial charge in [0.15, 0.2) is 0 Å². The lowest BCUT2D eigenvalue weighted by Gasteiger charge is -2.13. The van der Waals surface area contributed by atoms with Crippen LogP contribution >= 0.6 is 0 Å². The highest BCUT2D eigenvalue weighted by Gasteiger charge is 2.43. The highest BCUT2D eigenvalue weighted by atomic mass is 19.1. The maximum atomic E-state index is 12.9. The van der Waals surface area contributed by atoms with E-state index in [1.165, 1.54) is 6.07 Å². The molecule has 1 nitrogen and oxygen atoms in total. The lowest BCUT2D eigenvalue weighted by Crippen LogP contribution is -2.13. The standard InChI is InChI=1S/C11H14FN/c12-10-3-1-2-9(8-10)11(4-5-11)6-7-13/h1-3,8H,4-7,13H2. The second-order valence-corrected chi connectivity index (χ2v) is 3.83. The van der Waals surface area contributed by atoms with Crippen molar-refractivity contribution in [2.45, 2.75) is 24.7 Å². The minimum atomic E-state index is -0.138. The maximum Gasteiger partial charge on any atom is 0.123 e. The van der Waals surface area contributed by atoms with Crippen LogP contribution in [0.4, 0.5) is 4.39 Å². The Bertz CT molecular complexity index is 305. The molecule has 0 saturated heterocycles. The Morgan fingerprint density at radius 1 is 1.38 bits per heavy atom. The fraction of sp³-hybridized carbons (Fsp3) is 0.455. The summed E-state index contributed by atoms with van der Waals surface area (Å²) in [6.45, 7) is 0.691. The molecule has 1 aliphatic carbocycles. The SMILES string of the molecule is NCCC1(c2cccc(F)c2)CC1. The number of nitrogens with two attached hydrogens (primary N) is 1. The Kier molecular flexibility index (Phi) is 2.08. The Morgan fingerprint density at radius 3 is 2.69 bits per heavy atom. The van der Waals surface area contributed by atoms with Gasteiger partial charge in [-0.15, -0.1) is 0 Å². The zero-order valence-electron chi connectivity index (χ0n) is 7.59. The molecular weight excluding hydrogens is 165 g/mol. The molecule has 0 atom stereocenters. The van der Waals surface area contributed by atoms with Gasteiger partial charge >= 0.3 is 0 Å². The normalized spacial score (nSPS) is 18.6. The third-order valence-electron chi connectivity index (χ3n) is 2.91. The van der Waals surface area contributed by atoms with Crippen LogP contribution in [0.5, 0.6) is 0 Å². The molecular formula is C11H14FN. The Morgan fingerprint density at radius 2 is 2.15 bits per heavy atom. The van der Waals surface area contributed by atoms with Crippen LogP contribution in [0, 0.1) is 5.82 Å². The molecule has 13 heavy (non-hydrogen) atoms. The summed E-state index contributed by atoms with van der Waals surface area (Å²) >= 11 is 0. The Hall–Kier alpha value is -0.890. The van der Waals surface area contributed by atoms with Crippen molar-refractivity contribution in [1.29, 1.82) is 0 Å². The first kappa shape index (κ1) is 8.70. The van der Waals surface area contributed by atoms with Gasteiger partial charge in [0, 0.05) is 0 Å². The molecule has 0 amide bonds. The fourth-order valence-corrected chi connectivity index (χ4v) is 1.93. The molecule has 0 unspecified atom stereocenters. The number of hydrogen-bond acceptors (Lipinski definition) is 1. The molecule has 1 saturated carbocycles. The molecule has 0 bridgehead atoms. The van der Waals surface area contributed by atoms with Crippen LogP contribution in [0.2, 0.25) is 0 Å². The number of benzene rings is 1. The topological polar surface area (TPSA) is 26.0 Å². The van der Waals surface area contributed by atoms with Crippen LogP contribution < -0.4 is 5.73 Å². The highest BCUT2D eigenvalue weighted by Crippen LogP contribution is 2.50. The van der Waals surface area contributed by atoms with Gasteiger partial charge in [-0.25, -0.2) is 4.39 Å². The summed E-state index contributed by atoms with van der Waals surface area (Å²) in [6, 6.07) is 6.91. The Labute approximate surface area is 77.8 Å². The monoisotopic (exact) mass is 179 g/mol. The molecule has 0 heterocycles. The molecule has 2 N–H and O–H groups in total. The van der Waals surface area contributed by atoms with Gasteiger partial charge in [-0.1, -0.05) is 12.1 Å². The largest absolute Gasteiger partial charge is 0.330 e. The van der Waals surface area contributed by atoms with Crippen LogP contribution in [0.15, 0.2) is 24.3 Å². The van der Waals surface area contributed by atoms with Gasteiger partial charge in [-0.3, -0.25) is 0 Å². The van der Waals surface area contributed by atoms with Gasteiger partial charge in [0.05, 0.1) is 0 Å². The van der Waals surface area contributed by atoms with Crippen molar-refractivity contribution in [1.82, 2.24) is 0 Å². The van der Waals surface area contributed by atoms with Crippen LogP contribution in [0.25, 0.3) is 0 Å². The second kappa shape index (κ2) is 3.11. The predicted octanol–water partition coefficient (Wildman–Crippen LogP) is 2.21. The van der Waals surface area contributed by atoms with Crippen molar-refractivity contribution in [3.8, 4) is 0 Å². The van der Waals surface area contributed by atoms with E-state index in [4.69, 9.17) is 5.73 Å². The van der Waals surface area contributed by atoms with E-state index in [2.05, 4.69) is 0 Å². The van der Waals surface area contributed by atoms with Gasteiger partial charge in [-0.2, -0.15) is 0 Å². The molecule has 0 aromatic heterocycles. The van der Waals surface area contributed by atoms with Crippen LogP contribution in [0.3, 0.4) is 0 Å². The van der Waals surface area contributed by atoms with Crippen molar-refractivity contribution in [3.05, 3.63) is 35.6 Å².